The molecule has 9 aromatic carbocycles. The lowest BCUT2D eigenvalue weighted by atomic mass is 9.94. The van der Waals surface area contributed by atoms with Gasteiger partial charge in [-0.1, -0.05) is 165 Å². The van der Waals surface area contributed by atoms with Gasteiger partial charge in [-0.3, -0.25) is 4.57 Å². The first-order valence-corrected chi connectivity index (χ1v) is 23.1. The Hall–Kier alpha value is -8.71. The maximum atomic E-state index is 6.36. The van der Waals surface area contributed by atoms with Gasteiger partial charge < -0.3 is 4.42 Å². The van der Waals surface area contributed by atoms with Gasteiger partial charge in [0.15, 0.2) is 11.6 Å². The van der Waals surface area contributed by atoms with Gasteiger partial charge in [0.2, 0.25) is 5.95 Å². The van der Waals surface area contributed by atoms with E-state index in [0.717, 1.165) is 88.3 Å². The van der Waals surface area contributed by atoms with Gasteiger partial charge in [-0.2, -0.15) is 9.97 Å². The van der Waals surface area contributed by atoms with Crippen LogP contribution < -0.4 is 0 Å². The minimum atomic E-state index is 0.501. The number of aromatic nitrogens is 4. The van der Waals surface area contributed by atoms with E-state index in [1.807, 2.05) is 78.1 Å². The zero-order chi connectivity index (χ0) is 44.6. The molecule has 0 aliphatic heterocycles. The van der Waals surface area contributed by atoms with Gasteiger partial charge in [-0.05, 0) is 93.5 Å². The normalized spacial score (nSPS) is 11.7. The van der Waals surface area contributed by atoms with Crippen LogP contribution in [-0.4, -0.2) is 19.5 Å². The summed E-state index contributed by atoms with van der Waals surface area (Å²) in [5.74, 6) is 1.61. The quantitative estimate of drug-likeness (QED) is 0.153. The Labute approximate surface area is 389 Å². The van der Waals surface area contributed by atoms with Crippen LogP contribution in [0.5, 0.6) is 0 Å². The van der Waals surface area contributed by atoms with Crippen LogP contribution in [0.25, 0.3) is 138 Å². The SMILES string of the molecule is C=Cc1ccc2c(c1C=C)c1cccc(-c3cccc(-c4cccc(-c5ccc6sc7ccccc7c6c5)c4)c3)c1n2-c1nc(-c2ccccc2)nc(-c2ccc3c(c2)oc2ccccc23)n1. The Morgan fingerprint density at radius 2 is 1.06 bits per heavy atom. The summed E-state index contributed by atoms with van der Waals surface area (Å²) in [5.41, 5.74) is 14.0. The maximum Gasteiger partial charge on any atom is 0.238 e. The molecule has 5 nitrogen and oxygen atoms in total. The van der Waals surface area contributed by atoms with E-state index in [0.29, 0.717) is 17.6 Å². The summed E-state index contributed by atoms with van der Waals surface area (Å²) >= 11 is 1.84. The second-order valence-electron chi connectivity index (χ2n) is 16.8. The Morgan fingerprint density at radius 1 is 0.433 bits per heavy atom. The molecule has 0 saturated carbocycles. The maximum absolute atomic E-state index is 6.36. The van der Waals surface area contributed by atoms with Crippen LogP contribution in [-0.2, 0) is 0 Å². The lowest BCUT2D eigenvalue weighted by Crippen LogP contribution is -2.07. The molecule has 0 bridgehead atoms. The fourth-order valence-electron chi connectivity index (χ4n) is 9.86. The molecule has 0 saturated heterocycles. The van der Waals surface area contributed by atoms with Crippen molar-refractivity contribution in [3.63, 3.8) is 0 Å². The highest BCUT2D eigenvalue weighted by molar-refractivity contribution is 7.25. The molecule has 314 valence electrons. The molecular weight excluding hydrogens is 837 g/mol. The molecule has 0 amide bonds. The largest absolute Gasteiger partial charge is 0.456 e. The molecule has 13 aromatic rings. The molecule has 13 rings (SSSR count). The van der Waals surface area contributed by atoms with E-state index in [4.69, 9.17) is 19.4 Å². The predicted molar refractivity (Wildman–Crippen MR) is 282 cm³/mol. The number of nitrogens with zero attached hydrogens (tertiary/aromatic N) is 4. The Balaban J connectivity index is 1.01. The van der Waals surface area contributed by atoms with Crippen LogP contribution in [0, 0.1) is 0 Å². The first kappa shape index (κ1) is 38.7. The molecule has 0 aliphatic rings. The minimum Gasteiger partial charge on any atom is -0.456 e. The van der Waals surface area contributed by atoms with E-state index in [9.17, 15) is 0 Å². The highest BCUT2D eigenvalue weighted by Gasteiger charge is 2.23. The molecular formula is C61H38N4OS. The standard InChI is InChI=1S/C61H38N4OS/c1-3-37-28-31-52-57(45(37)4-2)50-24-14-23-46(43-20-13-19-41(34-43)39-17-12-18-40(33-39)42-29-32-56-51(35-42)49-22-9-11-26-55(49)67-56)58(50)65(52)61-63-59(38-15-6-5-7-16-38)62-60(64-61)44-27-30-48-47-21-8-10-25-53(47)66-54(48)36-44/h3-36H,1-2H2. The highest BCUT2D eigenvalue weighted by Crippen LogP contribution is 2.43. The van der Waals surface area contributed by atoms with E-state index in [1.54, 1.807) is 0 Å². The van der Waals surface area contributed by atoms with Crippen molar-refractivity contribution >= 4 is 87.4 Å². The monoisotopic (exact) mass is 874 g/mol. The third-order valence-corrected chi connectivity index (χ3v) is 14.2. The molecule has 0 unspecified atom stereocenters. The van der Waals surface area contributed by atoms with Crippen molar-refractivity contribution < 1.29 is 4.42 Å². The molecule has 0 spiro atoms. The van der Waals surface area contributed by atoms with Crippen molar-refractivity contribution in [3.8, 4) is 62.1 Å². The number of benzene rings is 9. The fourth-order valence-corrected chi connectivity index (χ4v) is 11.0. The van der Waals surface area contributed by atoms with Crippen molar-refractivity contribution in [2.75, 3.05) is 0 Å². The molecule has 0 N–H and O–H groups in total. The number of fused-ring (bicyclic) bond motifs is 9. The zero-order valence-corrected chi connectivity index (χ0v) is 37.0. The predicted octanol–water partition coefficient (Wildman–Crippen LogP) is 16.9. The average Bonchev–Trinajstić information content (AvgIpc) is 4.07. The van der Waals surface area contributed by atoms with Gasteiger partial charge in [-0.15, -0.1) is 11.3 Å². The minimum absolute atomic E-state index is 0.501. The van der Waals surface area contributed by atoms with Gasteiger partial charge in [0.25, 0.3) is 0 Å². The van der Waals surface area contributed by atoms with Gasteiger partial charge in [0.05, 0.1) is 11.0 Å². The third-order valence-electron chi connectivity index (χ3n) is 13.0. The molecule has 4 aromatic heterocycles. The molecule has 67 heavy (non-hydrogen) atoms. The van der Waals surface area contributed by atoms with Crippen molar-refractivity contribution in [2.45, 2.75) is 0 Å². The highest BCUT2D eigenvalue weighted by atomic mass is 32.1. The number of furan rings is 1. The topological polar surface area (TPSA) is 56.7 Å². The van der Waals surface area contributed by atoms with Crippen LogP contribution in [0.4, 0.5) is 0 Å². The van der Waals surface area contributed by atoms with Crippen LogP contribution in [0.15, 0.2) is 212 Å². The van der Waals surface area contributed by atoms with Crippen LogP contribution in [0.3, 0.4) is 0 Å². The smallest absolute Gasteiger partial charge is 0.238 e. The second-order valence-corrected chi connectivity index (χ2v) is 17.9. The van der Waals surface area contributed by atoms with Crippen molar-refractivity contribution in [2.24, 2.45) is 0 Å². The Bertz CT molecular complexity index is 4160. The number of thiophene rings is 1. The van der Waals surface area contributed by atoms with Crippen LogP contribution in [0.2, 0.25) is 0 Å². The van der Waals surface area contributed by atoms with E-state index < -0.39 is 0 Å². The molecule has 4 heterocycles. The van der Waals surface area contributed by atoms with Gasteiger partial charge in [0, 0.05) is 58.4 Å². The molecule has 0 radical (unpaired) electrons. The lowest BCUT2D eigenvalue weighted by molar-refractivity contribution is 0.669. The second kappa shape index (κ2) is 15.5. The number of hydrogen-bond acceptors (Lipinski definition) is 5. The summed E-state index contributed by atoms with van der Waals surface area (Å²) in [5, 5.41) is 6.82. The van der Waals surface area contributed by atoms with Crippen molar-refractivity contribution in [1.29, 1.82) is 0 Å². The lowest BCUT2D eigenvalue weighted by Gasteiger charge is -2.14. The summed E-state index contributed by atoms with van der Waals surface area (Å²) in [6, 6.07) is 68.4. The first-order valence-electron chi connectivity index (χ1n) is 22.3. The van der Waals surface area contributed by atoms with Gasteiger partial charge in [-0.25, -0.2) is 4.98 Å². The van der Waals surface area contributed by atoms with Crippen LogP contribution >= 0.6 is 11.3 Å². The van der Waals surface area contributed by atoms with Crippen molar-refractivity contribution in [1.82, 2.24) is 19.5 Å². The number of rotatable bonds is 8. The van der Waals surface area contributed by atoms with E-state index in [-0.39, 0.29) is 0 Å². The van der Waals surface area contributed by atoms with Gasteiger partial charge >= 0.3 is 0 Å². The van der Waals surface area contributed by atoms with Gasteiger partial charge in [0.1, 0.15) is 11.2 Å². The Kier molecular flexibility index (Phi) is 8.95. The third kappa shape index (κ3) is 6.33. The first-order chi connectivity index (χ1) is 33.1. The summed E-state index contributed by atoms with van der Waals surface area (Å²) in [4.78, 5) is 15.8. The van der Waals surface area contributed by atoms with E-state index in [2.05, 4.69) is 157 Å². The zero-order valence-electron chi connectivity index (χ0n) is 36.1. The molecule has 0 atom stereocenters. The Morgan fingerprint density at radius 3 is 1.87 bits per heavy atom. The summed E-state index contributed by atoms with van der Waals surface area (Å²) < 4.78 is 11.2. The number of hydrogen-bond donors (Lipinski definition) is 0. The summed E-state index contributed by atoms with van der Waals surface area (Å²) in [7, 11) is 0. The summed E-state index contributed by atoms with van der Waals surface area (Å²) in [6.45, 7) is 8.47. The number of para-hydroxylation sites is 2. The van der Waals surface area contributed by atoms with E-state index in [1.165, 1.54) is 31.3 Å². The van der Waals surface area contributed by atoms with Crippen LogP contribution in [0.1, 0.15) is 11.1 Å². The molecule has 0 aliphatic carbocycles. The summed E-state index contributed by atoms with van der Waals surface area (Å²) in [6.07, 6.45) is 3.82. The van der Waals surface area contributed by atoms with Crippen molar-refractivity contribution in [3.05, 3.63) is 218 Å². The molecule has 0 fully saturated rings. The fraction of sp³-hybridized carbons (Fsp3) is 0. The molecule has 6 heteroatoms. The van der Waals surface area contributed by atoms with E-state index >= 15 is 0 Å². The average molecular weight is 875 g/mol.